The molecular weight excluding hydrogens is 560 g/mol. The van der Waals surface area contributed by atoms with Crippen molar-refractivity contribution in [2.24, 2.45) is 0 Å². The SMILES string of the molecule is CCCCn1c(-c2ccc(OCCc3ccc(C)cc3)cc2)nc2c(OCCN3CCCC3)cc(OCCN3CCCC3)cc21. The predicted octanol–water partition coefficient (Wildman–Crippen LogP) is 7.38. The zero-order valence-corrected chi connectivity index (χ0v) is 27.3. The Bertz CT molecular complexity index is 1490. The van der Waals surface area contributed by atoms with E-state index in [2.05, 4.69) is 88.9 Å². The minimum atomic E-state index is 0.649. The van der Waals surface area contributed by atoms with Gasteiger partial charge in [0.1, 0.15) is 36.1 Å². The first-order chi connectivity index (χ1) is 22.2. The van der Waals surface area contributed by atoms with Crippen LogP contribution in [0, 0.1) is 6.92 Å². The number of likely N-dealkylation sites (tertiary alicyclic amines) is 2. The molecule has 2 aliphatic heterocycles. The predicted molar refractivity (Wildman–Crippen MR) is 183 cm³/mol. The molecule has 2 fully saturated rings. The van der Waals surface area contributed by atoms with Gasteiger partial charge in [-0.3, -0.25) is 9.80 Å². The topological polar surface area (TPSA) is 52.0 Å². The number of hydrogen-bond donors (Lipinski definition) is 0. The summed E-state index contributed by atoms with van der Waals surface area (Å²) >= 11 is 0. The normalized spacial score (nSPS) is 15.7. The molecule has 0 amide bonds. The Morgan fingerprint density at radius 3 is 2.00 bits per heavy atom. The number of nitrogens with zero attached hydrogens (tertiary/aromatic N) is 4. The largest absolute Gasteiger partial charge is 0.493 e. The molecule has 240 valence electrons. The standard InChI is InChI=1S/C38H50N4O3/c1-3-4-22-42-35-28-34(44-26-23-40-18-5-6-19-40)29-36(45-27-24-41-20-7-8-21-41)37(35)39-38(42)32-13-15-33(16-14-32)43-25-17-31-11-9-30(2)10-12-31/h9-16,28-29H,3-8,17-27H2,1-2H3. The molecule has 0 N–H and O–H groups in total. The molecule has 2 aliphatic rings. The van der Waals surface area contributed by atoms with Crippen LogP contribution in [0.4, 0.5) is 0 Å². The van der Waals surface area contributed by atoms with Crippen molar-refractivity contribution in [3.8, 4) is 28.6 Å². The molecule has 0 spiro atoms. The molecule has 0 saturated carbocycles. The first kappa shape index (κ1) is 31.4. The summed E-state index contributed by atoms with van der Waals surface area (Å²) in [5.74, 6) is 3.51. The summed E-state index contributed by atoms with van der Waals surface area (Å²) in [7, 11) is 0. The van der Waals surface area contributed by atoms with E-state index in [1.54, 1.807) is 0 Å². The molecule has 4 aromatic rings. The third-order valence-corrected chi connectivity index (χ3v) is 9.16. The van der Waals surface area contributed by atoms with Crippen molar-refractivity contribution in [2.75, 3.05) is 59.1 Å². The Hall–Kier alpha value is -3.55. The lowest BCUT2D eigenvalue weighted by molar-refractivity contribution is 0.231. The van der Waals surface area contributed by atoms with E-state index in [4.69, 9.17) is 19.2 Å². The number of benzene rings is 3. The van der Waals surface area contributed by atoms with E-state index in [0.29, 0.717) is 19.8 Å². The fraction of sp³-hybridized carbons (Fsp3) is 0.500. The second-order valence-corrected chi connectivity index (χ2v) is 12.6. The molecule has 7 nitrogen and oxygen atoms in total. The molecule has 1 aromatic heterocycles. The average molecular weight is 611 g/mol. The van der Waals surface area contributed by atoms with Gasteiger partial charge in [0.2, 0.25) is 0 Å². The highest BCUT2D eigenvalue weighted by molar-refractivity contribution is 5.87. The number of hydrogen-bond acceptors (Lipinski definition) is 6. The van der Waals surface area contributed by atoms with Crippen LogP contribution in [0.2, 0.25) is 0 Å². The molecule has 3 heterocycles. The molecule has 0 aliphatic carbocycles. The Kier molecular flexibility index (Phi) is 10.9. The van der Waals surface area contributed by atoms with Crippen LogP contribution in [-0.4, -0.2) is 78.4 Å². The van der Waals surface area contributed by atoms with E-state index in [9.17, 15) is 0 Å². The monoisotopic (exact) mass is 610 g/mol. The molecule has 0 unspecified atom stereocenters. The lowest BCUT2D eigenvalue weighted by Crippen LogP contribution is -2.25. The van der Waals surface area contributed by atoms with Gasteiger partial charge in [-0.15, -0.1) is 0 Å². The average Bonchev–Trinajstić information content (AvgIpc) is 3.84. The van der Waals surface area contributed by atoms with E-state index >= 15 is 0 Å². The zero-order chi connectivity index (χ0) is 30.8. The van der Waals surface area contributed by atoms with Crippen LogP contribution >= 0.6 is 0 Å². The molecule has 0 radical (unpaired) electrons. The van der Waals surface area contributed by atoms with Gasteiger partial charge >= 0.3 is 0 Å². The molecule has 6 rings (SSSR count). The van der Waals surface area contributed by atoms with Gasteiger partial charge in [-0.2, -0.15) is 0 Å². The Balaban J connectivity index is 1.22. The summed E-state index contributed by atoms with van der Waals surface area (Å²) in [5, 5.41) is 0. The van der Waals surface area contributed by atoms with Crippen LogP contribution < -0.4 is 14.2 Å². The molecule has 7 heteroatoms. The Morgan fingerprint density at radius 2 is 1.33 bits per heavy atom. The van der Waals surface area contributed by atoms with E-state index < -0.39 is 0 Å². The number of rotatable bonds is 16. The van der Waals surface area contributed by atoms with Gasteiger partial charge in [0.25, 0.3) is 0 Å². The van der Waals surface area contributed by atoms with Crippen LogP contribution in [0.5, 0.6) is 17.2 Å². The molecule has 45 heavy (non-hydrogen) atoms. The molecular formula is C38H50N4O3. The van der Waals surface area contributed by atoms with Crippen molar-refractivity contribution in [1.29, 1.82) is 0 Å². The number of imidazole rings is 1. The molecule has 2 saturated heterocycles. The summed E-state index contributed by atoms with van der Waals surface area (Å²) in [6.45, 7) is 13.8. The van der Waals surface area contributed by atoms with Gasteiger partial charge in [-0.1, -0.05) is 43.2 Å². The summed E-state index contributed by atoms with van der Waals surface area (Å²) in [4.78, 5) is 10.2. The number of aromatic nitrogens is 2. The lowest BCUT2D eigenvalue weighted by Gasteiger charge is -2.17. The van der Waals surface area contributed by atoms with E-state index in [-0.39, 0.29) is 0 Å². The van der Waals surface area contributed by atoms with Gasteiger partial charge in [0, 0.05) is 43.8 Å². The maximum Gasteiger partial charge on any atom is 0.150 e. The highest BCUT2D eigenvalue weighted by Gasteiger charge is 2.20. The quantitative estimate of drug-likeness (QED) is 0.132. The molecule has 3 aromatic carbocycles. The fourth-order valence-electron chi connectivity index (χ4n) is 6.45. The maximum atomic E-state index is 6.49. The van der Waals surface area contributed by atoms with Crippen LogP contribution in [0.1, 0.15) is 56.6 Å². The molecule has 0 atom stereocenters. The highest BCUT2D eigenvalue weighted by Crippen LogP contribution is 2.35. The van der Waals surface area contributed by atoms with Gasteiger partial charge in [-0.05, 0) is 95.0 Å². The third kappa shape index (κ3) is 8.39. The summed E-state index contributed by atoms with van der Waals surface area (Å²) in [6.07, 6.45) is 8.22. The van der Waals surface area contributed by atoms with Crippen LogP contribution in [0.25, 0.3) is 22.4 Å². The van der Waals surface area contributed by atoms with Crippen molar-refractivity contribution in [1.82, 2.24) is 19.4 Å². The number of ether oxygens (including phenoxy) is 3. The second kappa shape index (κ2) is 15.6. The maximum absolute atomic E-state index is 6.49. The van der Waals surface area contributed by atoms with Crippen molar-refractivity contribution in [2.45, 2.75) is 65.3 Å². The minimum Gasteiger partial charge on any atom is -0.493 e. The van der Waals surface area contributed by atoms with Gasteiger partial charge in [-0.25, -0.2) is 4.98 Å². The number of fused-ring (bicyclic) bond motifs is 1. The van der Waals surface area contributed by atoms with Crippen molar-refractivity contribution in [3.63, 3.8) is 0 Å². The van der Waals surface area contributed by atoms with Crippen LogP contribution in [0.3, 0.4) is 0 Å². The zero-order valence-electron chi connectivity index (χ0n) is 27.3. The highest BCUT2D eigenvalue weighted by atomic mass is 16.5. The first-order valence-corrected chi connectivity index (χ1v) is 17.2. The van der Waals surface area contributed by atoms with Crippen LogP contribution in [-0.2, 0) is 13.0 Å². The minimum absolute atomic E-state index is 0.649. The van der Waals surface area contributed by atoms with E-state index in [0.717, 1.165) is 78.6 Å². The first-order valence-electron chi connectivity index (χ1n) is 17.2. The Morgan fingerprint density at radius 1 is 0.689 bits per heavy atom. The van der Waals surface area contributed by atoms with Crippen molar-refractivity contribution in [3.05, 3.63) is 71.8 Å². The second-order valence-electron chi connectivity index (χ2n) is 12.6. The van der Waals surface area contributed by atoms with Crippen molar-refractivity contribution >= 4 is 11.0 Å². The molecule has 0 bridgehead atoms. The third-order valence-electron chi connectivity index (χ3n) is 9.16. The van der Waals surface area contributed by atoms with Crippen LogP contribution in [0.15, 0.2) is 60.7 Å². The summed E-state index contributed by atoms with van der Waals surface area (Å²) in [5.41, 5.74) is 5.63. The van der Waals surface area contributed by atoms with Gasteiger partial charge in [0.15, 0.2) is 5.75 Å². The fourth-order valence-corrected chi connectivity index (χ4v) is 6.45. The summed E-state index contributed by atoms with van der Waals surface area (Å²) in [6, 6.07) is 21.3. The van der Waals surface area contributed by atoms with E-state index in [1.165, 1.54) is 63.0 Å². The summed E-state index contributed by atoms with van der Waals surface area (Å²) < 4.78 is 21.3. The lowest BCUT2D eigenvalue weighted by atomic mass is 10.1. The Labute approximate surface area is 269 Å². The van der Waals surface area contributed by atoms with E-state index in [1.807, 2.05) is 0 Å². The van der Waals surface area contributed by atoms with Gasteiger partial charge in [0.05, 0.1) is 12.1 Å². The smallest absolute Gasteiger partial charge is 0.150 e. The number of unbranched alkanes of at least 4 members (excludes halogenated alkanes) is 1. The van der Waals surface area contributed by atoms with Gasteiger partial charge < -0.3 is 18.8 Å². The van der Waals surface area contributed by atoms with Crippen molar-refractivity contribution < 1.29 is 14.2 Å². The number of aryl methyl sites for hydroxylation is 2.